The SMILES string of the molecule is CC(NC(=O)c1ccc(Cl)c(S(=O)(=O)N(C)C)c1)c1ccccn1. The number of halogens is 1. The van der Waals surface area contributed by atoms with Gasteiger partial charge in [-0.25, -0.2) is 12.7 Å². The number of hydrogen-bond donors (Lipinski definition) is 1. The van der Waals surface area contributed by atoms with E-state index >= 15 is 0 Å². The second kappa shape index (κ2) is 7.29. The molecule has 1 aromatic heterocycles. The molecule has 0 aliphatic rings. The van der Waals surface area contributed by atoms with Gasteiger partial charge in [-0.15, -0.1) is 0 Å². The first-order valence-electron chi connectivity index (χ1n) is 7.17. The number of aromatic nitrogens is 1. The van der Waals surface area contributed by atoms with Crippen molar-refractivity contribution in [3.63, 3.8) is 0 Å². The van der Waals surface area contributed by atoms with Gasteiger partial charge < -0.3 is 5.32 Å². The minimum absolute atomic E-state index is 0.0676. The van der Waals surface area contributed by atoms with Crippen LogP contribution in [-0.4, -0.2) is 37.7 Å². The fourth-order valence-electron chi connectivity index (χ4n) is 2.03. The first-order valence-corrected chi connectivity index (χ1v) is 8.99. The summed E-state index contributed by atoms with van der Waals surface area (Å²) in [6, 6.07) is 9.26. The zero-order valence-corrected chi connectivity index (χ0v) is 15.1. The molecule has 1 amide bonds. The number of carbonyl (C=O) groups excluding carboxylic acids is 1. The molecular weight excluding hydrogens is 350 g/mol. The maximum Gasteiger partial charge on any atom is 0.251 e. The highest BCUT2D eigenvalue weighted by Crippen LogP contribution is 2.25. The lowest BCUT2D eigenvalue weighted by Crippen LogP contribution is -2.28. The van der Waals surface area contributed by atoms with Gasteiger partial charge in [0.15, 0.2) is 0 Å². The summed E-state index contributed by atoms with van der Waals surface area (Å²) in [7, 11) is -0.927. The number of nitrogens with zero attached hydrogens (tertiary/aromatic N) is 2. The van der Waals surface area contributed by atoms with Gasteiger partial charge in [0.05, 0.1) is 16.8 Å². The van der Waals surface area contributed by atoms with Crippen LogP contribution in [0.5, 0.6) is 0 Å². The van der Waals surface area contributed by atoms with E-state index in [1.165, 1.54) is 32.3 Å². The molecule has 1 heterocycles. The van der Waals surface area contributed by atoms with E-state index in [0.717, 1.165) is 4.31 Å². The Balaban J connectivity index is 2.28. The summed E-state index contributed by atoms with van der Waals surface area (Å²) in [6.07, 6.45) is 1.64. The van der Waals surface area contributed by atoms with Crippen LogP contribution in [0.25, 0.3) is 0 Å². The van der Waals surface area contributed by atoms with Crippen LogP contribution in [0.3, 0.4) is 0 Å². The van der Waals surface area contributed by atoms with E-state index in [4.69, 9.17) is 11.6 Å². The van der Waals surface area contributed by atoms with Gasteiger partial charge in [-0.2, -0.15) is 0 Å². The molecule has 128 valence electrons. The van der Waals surface area contributed by atoms with Crippen LogP contribution in [0.15, 0.2) is 47.5 Å². The Morgan fingerprint density at radius 1 is 1.25 bits per heavy atom. The third-order valence-electron chi connectivity index (χ3n) is 3.43. The summed E-state index contributed by atoms with van der Waals surface area (Å²) in [5.41, 5.74) is 0.920. The van der Waals surface area contributed by atoms with Gasteiger partial charge in [0, 0.05) is 25.9 Å². The molecule has 0 bridgehead atoms. The quantitative estimate of drug-likeness (QED) is 0.880. The van der Waals surface area contributed by atoms with Crippen LogP contribution in [0.4, 0.5) is 0 Å². The number of carbonyl (C=O) groups is 1. The van der Waals surface area contributed by atoms with E-state index in [1.807, 2.05) is 6.07 Å². The Morgan fingerprint density at radius 2 is 1.96 bits per heavy atom. The van der Waals surface area contributed by atoms with Gasteiger partial charge in [-0.05, 0) is 37.3 Å². The molecule has 0 saturated heterocycles. The van der Waals surface area contributed by atoms with E-state index in [0.29, 0.717) is 5.69 Å². The number of sulfonamides is 1. The fraction of sp³-hybridized carbons (Fsp3) is 0.250. The molecule has 8 heteroatoms. The van der Waals surface area contributed by atoms with Crippen molar-refractivity contribution in [1.29, 1.82) is 0 Å². The maximum atomic E-state index is 12.4. The molecule has 0 aliphatic heterocycles. The summed E-state index contributed by atoms with van der Waals surface area (Å²) in [6.45, 7) is 1.80. The predicted molar refractivity (Wildman–Crippen MR) is 92.4 cm³/mol. The number of nitrogens with one attached hydrogen (secondary N) is 1. The number of amides is 1. The van der Waals surface area contributed by atoms with Gasteiger partial charge in [0.1, 0.15) is 4.90 Å². The second-order valence-corrected chi connectivity index (χ2v) is 7.91. The second-order valence-electron chi connectivity index (χ2n) is 5.38. The molecule has 0 radical (unpaired) electrons. The van der Waals surface area contributed by atoms with Gasteiger partial charge >= 0.3 is 0 Å². The summed E-state index contributed by atoms with van der Waals surface area (Å²) in [5.74, 6) is -0.403. The van der Waals surface area contributed by atoms with Crippen LogP contribution in [0, 0.1) is 0 Å². The van der Waals surface area contributed by atoms with E-state index in [9.17, 15) is 13.2 Å². The number of rotatable bonds is 5. The minimum Gasteiger partial charge on any atom is -0.344 e. The third-order valence-corrected chi connectivity index (χ3v) is 5.73. The molecular formula is C16H18ClN3O3S. The first-order chi connectivity index (χ1) is 11.2. The summed E-state index contributed by atoms with van der Waals surface area (Å²) < 4.78 is 25.6. The van der Waals surface area contributed by atoms with Gasteiger partial charge in [-0.1, -0.05) is 17.7 Å². The normalized spacial score (nSPS) is 12.9. The largest absolute Gasteiger partial charge is 0.344 e. The van der Waals surface area contributed by atoms with Gasteiger partial charge in [0.25, 0.3) is 5.91 Å². The molecule has 0 aliphatic carbocycles. The van der Waals surface area contributed by atoms with Crippen molar-refractivity contribution in [3.05, 3.63) is 58.9 Å². The van der Waals surface area contributed by atoms with E-state index in [-0.39, 0.29) is 21.5 Å². The van der Waals surface area contributed by atoms with Crippen molar-refractivity contribution in [2.24, 2.45) is 0 Å². The smallest absolute Gasteiger partial charge is 0.251 e. The lowest BCUT2D eigenvalue weighted by molar-refractivity contribution is 0.0939. The summed E-state index contributed by atoms with van der Waals surface area (Å²) >= 11 is 5.98. The van der Waals surface area contributed by atoms with Crippen LogP contribution < -0.4 is 5.32 Å². The highest BCUT2D eigenvalue weighted by atomic mass is 35.5. The molecule has 0 spiro atoms. The monoisotopic (exact) mass is 367 g/mol. The highest BCUT2D eigenvalue weighted by molar-refractivity contribution is 7.89. The highest BCUT2D eigenvalue weighted by Gasteiger charge is 2.23. The topological polar surface area (TPSA) is 79.4 Å². The Morgan fingerprint density at radius 3 is 2.54 bits per heavy atom. The lowest BCUT2D eigenvalue weighted by atomic mass is 10.1. The molecule has 1 aromatic carbocycles. The molecule has 1 unspecified atom stereocenters. The van der Waals surface area contributed by atoms with E-state index in [1.54, 1.807) is 25.3 Å². The number of hydrogen-bond acceptors (Lipinski definition) is 4. The van der Waals surface area contributed by atoms with E-state index in [2.05, 4.69) is 10.3 Å². The van der Waals surface area contributed by atoms with Crippen LogP contribution in [-0.2, 0) is 10.0 Å². The first kappa shape index (κ1) is 18.4. The molecule has 1 atom stereocenters. The van der Waals surface area contributed by atoms with Crippen molar-refractivity contribution >= 4 is 27.5 Å². The van der Waals surface area contributed by atoms with Crippen LogP contribution >= 0.6 is 11.6 Å². The minimum atomic E-state index is -3.74. The van der Waals surface area contributed by atoms with Crippen molar-refractivity contribution < 1.29 is 13.2 Å². The molecule has 1 N–H and O–H groups in total. The predicted octanol–water partition coefficient (Wildman–Crippen LogP) is 2.48. The van der Waals surface area contributed by atoms with Crippen molar-refractivity contribution in [1.82, 2.24) is 14.6 Å². The number of pyridine rings is 1. The Hall–Kier alpha value is -1.96. The molecule has 0 fully saturated rings. The Labute approximate surface area is 146 Å². The fourth-order valence-corrected chi connectivity index (χ4v) is 3.42. The molecule has 0 saturated carbocycles. The number of benzene rings is 1. The molecule has 6 nitrogen and oxygen atoms in total. The Bertz CT molecular complexity index is 839. The van der Waals surface area contributed by atoms with Gasteiger partial charge in [0.2, 0.25) is 10.0 Å². The summed E-state index contributed by atoms with van der Waals surface area (Å²) in [4.78, 5) is 16.5. The van der Waals surface area contributed by atoms with Crippen molar-refractivity contribution in [2.45, 2.75) is 17.9 Å². The third kappa shape index (κ3) is 3.92. The standard InChI is InChI=1S/C16H18ClN3O3S/c1-11(14-6-4-5-9-18-14)19-16(21)12-7-8-13(17)15(10-12)24(22,23)20(2)3/h4-11H,1-3H3,(H,19,21). The van der Waals surface area contributed by atoms with Crippen LogP contribution in [0.2, 0.25) is 5.02 Å². The molecule has 2 rings (SSSR count). The maximum absolute atomic E-state index is 12.4. The zero-order chi connectivity index (χ0) is 17.9. The average Bonchev–Trinajstić information content (AvgIpc) is 2.55. The van der Waals surface area contributed by atoms with Crippen LogP contribution in [0.1, 0.15) is 29.0 Å². The average molecular weight is 368 g/mol. The van der Waals surface area contributed by atoms with Crippen molar-refractivity contribution in [3.8, 4) is 0 Å². The van der Waals surface area contributed by atoms with Crippen molar-refractivity contribution in [2.75, 3.05) is 14.1 Å². The molecule has 24 heavy (non-hydrogen) atoms. The lowest BCUT2D eigenvalue weighted by Gasteiger charge is -2.16. The van der Waals surface area contributed by atoms with Gasteiger partial charge in [-0.3, -0.25) is 9.78 Å². The molecule has 2 aromatic rings. The van der Waals surface area contributed by atoms with E-state index < -0.39 is 15.9 Å². The summed E-state index contributed by atoms with van der Waals surface area (Å²) in [5, 5.41) is 2.85. The zero-order valence-electron chi connectivity index (χ0n) is 13.5. The Kier molecular flexibility index (Phi) is 5.58.